The number of aromatic nitrogens is 1. The highest BCUT2D eigenvalue weighted by atomic mass is 35.5. The van der Waals surface area contributed by atoms with Crippen molar-refractivity contribution in [2.24, 2.45) is 5.10 Å². The zero-order valence-corrected chi connectivity index (χ0v) is 16.5. The van der Waals surface area contributed by atoms with Gasteiger partial charge in [0.1, 0.15) is 4.83 Å². The summed E-state index contributed by atoms with van der Waals surface area (Å²) in [6.07, 6.45) is 0.840. The van der Waals surface area contributed by atoms with E-state index in [0.29, 0.717) is 29.1 Å². The Kier molecular flexibility index (Phi) is 4.61. The minimum atomic E-state index is -0.235. The number of hydrogen-bond donors (Lipinski definition) is 1. The Balaban J connectivity index is 1.81. The van der Waals surface area contributed by atoms with Crippen molar-refractivity contribution in [1.82, 2.24) is 9.99 Å². The van der Waals surface area contributed by atoms with E-state index in [-0.39, 0.29) is 17.5 Å². The van der Waals surface area contributed by atoms with Gasteiger partial charge in [-0.1, -0.05) is 30.7 Å². The van der Waals surface area contributed by atoms with Gasteiger partial charge in [-0.2, -0.15) is 5.10 Å². The monoisotopic (exact) mass is 399 g/mol. The second-order valence-corrected chi connectivity index (χ2v) is 7.88. The number of hydrazone groups is 1. The second-order valence-electron chi connectivity index (χ2n) is 6.53. The van der Waals surface area contributed by atoms with Gasteiger partial charge in [0.15, 0.2) is 0 Å². The number of aryl methyl sites for hydroxylation is 1. The van der Waals surface area contributed by atoms with Crippen LogP contribution in [0.3, 0.4) is 0 Å². The summed E-state index contributed by atoms with van der Waals surface area (Å²) in [5, 5.41) is 9.69. The third kappa shape index (κ3) is 3.09. The third-order valence-corrected chi connectivity index (χ3v) is 5.99. The van der Waals surface area contributed by atoms with Crippen molar-refractivity contribution in [3.8, 4) is 0 Å². The number of thiophene rings is 1. The van der Waals surface area contributed by atoms with Crippen molar-refractivity contribution in [3.63, 3.8) is 0 Å². The van der Waals surface area contributed by atoms with Gasteiger partial charge in [0.05, 0.1) is 17.3 Å². The Hall–Kier alpha value is -2.44. The first-order chi connectivity index (χ1) is 13.0. The molecule has 0 bridgehead atoms. The number of nitrogens with zero attached hydrogens (tertiary/aromatic N) is 2. The SMILES string of the molecule is CCC(=O)N1N=C(c2c(C)c3ccsc3[nH]c2=O)C[C@@H]1c1ccc(Cl)cc1. The molecule has 2 aromatic heterocycles. The molecule has 0 fully saturated rings. The first-order valence-corrected chi connectivity index (χ1v) is 10.0. The number of carbonyl (C=O) groups excluding carboxylic acids is 1. The summed E-state index contributed by atoms with van der Waals surface area (Å²) < 4.78 is 0. The molecule has 1 aliphatic heterocycles. The van der Waals surface area contributed by atoms with Gasteiger partial charge in [-0.3, -0.25) is 9.59 Å². The smallest absolute Gasteiger partial charge is 0.258 e. The van der Waals surface area contributed by atoms with E-state index in [1.807, 2.05) is 37.4 Å². The van der Waals surface area contributed by atoms with Crippen molar-refractivity contribution >= 4 is 44.8 Å². The molecule has 3 heterocycles. The van der Waals surface area contributed by atoms with E-state index in [4.69, 9.17) is 11.6 Å². The highest BCUT2D eigenvalue weighted by molar-refractivity contribution is 7.16. The molecule has 3 aromatic rings. The van der Waals surface area contributed by atoms with Crippen LogP contribution in [0.1, 0.15) is 42.5 Å². The fourth-order valence-electron chi connectivity index (χ4n) is 3.52. The largest absolute Gasteiger partial charge is 0.313 e. The van der Waals surface area contributed by atoms with Gasteiger partial charge in [0.2, 0.25) is 5.91 Å². The number of nitrogens with one attached hydrogen (secondary N) is 1. The minimum absolute atomic E-state index is 0.0735. The van der Waals surface area contributed by atoms with Gasteiger partial charge >= 0.3 is 0 Å². The lowest BCUT2D eigenvalue weighted by Gasteiger charge is -2.21. The van der Waals surface area contributed by atoms with Crippen molar-refractivity contribution < 1.29 is 4.79 Å². The van der Waals surface area contributed by atoms with Crippen LogP contribution in [0, 0.1) is 6.92 Å². The van der Waals surface area contributed by atoms with Crippen LogP contribution in [0.5, 0.6) is 0 Å². The van der Waals surface area contributed by atoms with Crippen molar-refractivity contribution in [3.05, 3.63) is 67.8 Å². The molecule has 1 N–H and O–H groups in total. The van der Waals surface area contributed by atoms with E-state index in [2.05, 4.69) is 10.1 Å². The topological polar surface area (TPSA) is 65.5 Å². The average molecular weight is 400 g/mol. The molecule has 1 aromatic carbocycles. The number of fused-ring (bicyclic) bond motifs is 1. The number of hydrogen-bond acceptors (Lipinski definition) is 4. The molecular weight excluding hydrogens is 382 g/mol. The summed E-state index contributed by atoms with van der Waals surface area (Å²) in [5.41, 5.74) is 2.89. The van der Waals surface area contributed by atoms with Crippen LogP contribution in [0.2, 0.25) is 5.02 Å². The molecule has 4 rings (SSSR count). The molecule has 1 aliphatic rings. The number of carbonyl (C=O) groups is 1. The quantitative estimate of drug-likeness (QED) is 0.697. The summed E-state index contributed by atoms with van der Waals surface area (Å²) in [7, 11) is 0. The molecular formula is C20H18ClN3O2S. The molecule has 0 radical (unpaired) electrons. The fraction of sp³-hybridized carbons (Fsp3) is 0.250. The molecule has 5 nitrogen and oxygen atoms in total. The zero-order chi connectivity index (χ0) is 19.1. The maximum absolute atomic E-state index is 12.7. The molecule has 1 atom stereocenters. The predicted molar refractivity (Wildman–Crippen MR) is 110 cm³/mol. The summed E-state index contributed by atoms with van der Waals surface area (Å²) >= 11 is 7.50. The fourth-order valence-corrected chi connectivity index (χ4v) is 4.48. The molecule has 7 heteroatoms. The second kappa shape index (κ2) is 6.94. The molecule has 1 amide bonds. The van der Waals surface area contributed by atoms with E-state index < -0.39 is 0 Å². The molecule has 0 saturated heterocycles. The first-order valence-electron chi connectivity index (χ1n) is 8.75. The highest BCUT2D eigenvalue weighted by Gasteiger charge is 2.34. The van der Waals surface area contributed by atoms with Gasteiger partial charge in [-0.25, -0.2) is 5.01 Å². The van der Waals surface area contributed by atoms with Crippen LogP contribution in [0.15, 0.2) is 45.6 Å². The number of H-pyrrole nitrogens is 1. The molecule has 0 unspecified atom stereocenters. The summed E-state index contributed by atoms with van der Waals surface area (Å²) in [5.74, 6) is -0.0735. The number of aromatic amines is 1. The third-order valence-electron chi connectivity index (χ3n) is 4.91. The van der Waals surface area contributed by atoms with Gasteiger partial charge in [-0.15, -0.1) is 11.3 Å². The Morgan fingerprint density at radius 3 is 2.78 bits per heavy atom. The Morgan fingerprint density at radius 1 is 1.33 bits per heavy atom. The van der Waals surface area contributed by atoms with Crippen molar-refractivity contribution in [1.29, 1.82) is 0 Å². The summed E-state index contributed by atoms with van der Waals surface area (Å²) in [4.78, 5) is 29.0. The van der Waals surface area contributed by atoms with Crippen LogP contribution in [0.4, 0.5) is 0 Å². The van der Waals surface area contributed by atoms with E-state index in [0.717, 1.165) is 21.3 Å². The molecule has 138 valence electrons. The zero-order valence-electron chi connectivity index (χ0n) is 15.0. The minimum Gasteiger partial charge on any atom is -0.313 e. The van der Waals surface area contributed by atoms with E-state index in [1.54, 1.807) is 12.1 Å². The highest BCUT2D eigenvalue weighted by Crippen LogP contribution is 2.34. The van der Waals surface area contributed by atoms with Crippen molar-refractivity contribution in [2.75, 3.05) is 0 Å². The van der Waals surface area contributed by atoms with E-state index in [9.17, 15) is 9.59 Å². The number of amides is 1. The van der Waals surface area contributed by atoms with Crippen LogP contribution >= 0.6 is 22.9 Å². The van der Waals surface area contributed by atoms with Crippen LogP contribution in [-0.4, -0.2) is 21.6 Å². The van der Waals surface area contributed by atoms with Gasteiger partial charge in [0, 0.05) is 23.3 Å². The average Bonchev–Trinajstić information content (AvgIpc) is 3.29. The number of halogens is 1. The van der Waals surface area contributed by atoms with Crippen LogP contribution in [0.25, 0.3) is 10.2 Å². The van der Waals surface area contributed by atoms with Crippen LogP contribution in [-0.2, 0) is 4.79 Å². The van der Waals surface area contributed by atoms with Crippen LogP contribution < -0.4 is 5.56 Å². The lowest BCUT2D eigenvalue weighted by atomic mass is 9.96. The number of rotatable bonds is 3. The first kappa shape index (κ1) is 17.9. The van der Waals surface area contributed by atoms with Gasteiger partial charge < -0.3 is 4.98 Å². The molecule has 0 spiro atoms. The normalized spacial score (nSPS) is 16.8. The summed E-state index contributed by atoms with van der Waals surface area (Å²) in [6, 6.07) is 9.18. The lowest BCUT2D eigenvalue weighted by Crippen LogP contribution is -2.26. The van der Waals surface area contributed by atoms with E-state index >= 15 is 0 Å². The van der Waals surface area contributed by atoms with Crippen molar-refractivity contribution in [2.45, 2.75) is 32.7 Å². The van der Waals surface area contributed by atoms with Gasteiger partial charge in [0.25, 0.3) is 5.56 Å². The molecule has 0 saturated carbocycles. The van der Waals surface area contributed by atoms with E-state index in [1.165, 1.54) is 16.3 Å². The number of pyridine rings is 1. The maximum Gasteiger partial charge on any atom is 0.258 e. The van der Waals surface area contributed by atoms with Gasteiger partial charge in [-0.05, 0) is 41.6 Å². The predicted octanol–water partition coefficient (Wildman–Crippen LogP) is 4.64. The molecule has 27 heavy (non-hydrogen) atoms. The maximum atomic E-state index is 12.7. The standard InChI is InChI=1S/C20H18ClN3O2S/c1-3-17(25)24-16(12-4-6-13(21)7-5-12)10-15(23-24)18-11(2)14-8-9-27-20(14)22-19(18)26/h4-9,16H,3,10H2,1-2H3,(H,22,26)/t16-/m1/s1. The Labute approximate surface area is 165 Å². The Bertz CT molecular complexity index is 1110. The lowest BCUT2D eigenvalue weighted by molar-refractivity contribution is -0.132. The number of benzene rings is 1. The summed E-state index contributed by atoms with van der Waals surface area (Å²) in [6.45, 7) is 3.74. The Morgan fingerprint density at radius 2 is 2.07 bits per heavy atom. The molecule has 0 aliphatic carbocycles.